The van der Waals surface area contributed by atoms with Crippen LogP contribution in [0.15, 0.2) is 0 Å². The molecule has 2 fully saturated rings. The average Bonchev–Trinajstić information content (AvgIpc) is 2.88. The van der Waals surface area contributed by atoms with Crippen LogP contribution in [0.5, 0.6) is 0 Å². The first kappa shape index (κ1) is 47.9. The second kappa shape index (κ2) is 18.0. The van der Waals surface area contributed by atoms with Crippen LogP contribution in [0.2, 0.25) is 0 Å². The lowest BCUT2D eigenvalue weighted by Gasteiger charge is -2.61. The van der Waals surface area contributed by atoms with Gasteiger partial charge in [0.15, 0.2) is 0 Å². The molecule has 2 atom stereocenters. The van der Waals surface area contributed by atoms with E-state index < -0.39 is 0 Å². The number of nitrogens with zero attached hydrogens (tertiary/aromatic N) is 2. The largest absolute Gasteiger partial charge is 0.316 e. The van der Waals surface area contributed by atoms with Gasteiger partial charge >= 0.3 is 0 Å². The summed E-state index contributed by atoms with van der Waals surface area (Å²) >= 11 is 0. The molecule has 0 spiro atoms. The summed E-state index contributed by atoms with van der Waals surface area (Å²) in [6, 6.07) is 0. The topological polar surface area (TPSA) is 58.5 Å². The molecule has 0 radical (unpaired) electrons. The fourth-order valence-electron chi connectivity index (χ4n) is 12.5. The maximum absolute atomic E-state index is 6.27. The van der Waals surface area contributed by atoms with Crippen LogP contribution in [0.4, 0.5) is 0 Å². The van der Waals surface area contributed by atoms with Crippen LogP contribution >= 0.6 is 0 Å². The Morgan fingerprint density at radius 2 is 0.780 bits per heavy atom. The molecule has 0 aromatic carbocycles. The normalized spacial score (nSPS) is 20.9. The van der Waals surface area contributed by atoms with Gasteiger partial charge in [0, 0.05) is 33.2 Å². The summed E-state index contributed by atoms with van der Waals surface area (Å²) in [5.74, 6) is 1.16. The van der Waals surface area contributed by atoms with Crippen LogP contribution in [-0.2, 0) is 0 Å². The number of nitrogens with two attached hydrogens (primary N) is 2. The number of hydrogen-bond donors (Lipinski definition) is 2. The lowest BCUT2D eigenvalue weighted by molar-refractivity contribution is -0.108. The Balaban J connectivity index is 0.000000502. The van der Waals surface area contributed by atoms with Crippen molar-refractivity contribution in [1.29, 1.82) is 0 Å². The summed E-state index contributed by atoms with van der Waals surface area (Å²) in [7, 11) is 0. The highest BCUT2D eigenvalue weighted by molar-refractivity contribution is 5.07. The van der Waals surface area contributed by atoms with Crippen molar-refractivity contribution >= 4 is 0 Å². The van der Waals surface area contributed by atoms with Gasteiger partial charge in [0.2, 0.25) is 0 Å². The number of hydrogen-bond acceptors (Lipinski definition) is 4. The molecule has 4 N–H and O–H groups in total. The van der Waals surface area contributed by atoms with Crippen molar-refractivity contribution in [1.82, 2.24) is 9.80 Å². The van der Waals surface area contributed by atoms with E-state index in [1.54, 1.807) is 0 Å². The van der Waals surface area contributed by atoms with Crippen molar-refractivity contribution in [2.24, 2.45) is 34.1 Å². The van der Waals surface area contributed by atoms with Crippen LogP contribution in [0.25, 0.3) is 0 Å². The molecule has 2 rings (SSSR count). The van der Waals surface area contributed by atoms with Gasteiger partial charge in [-0.05, 0) is 151 Å². The lowest BCUT2D eigenvalue weighted by Crippen LogP contribution is -2.66. The highest BCUT2D eigenvalue weighted by atomic mass is 16.0. The van der Waals surface area contributed by atoms with Crippen LogP contribution in [-0.4, -0.2) is 49.2 Å². The molecule has 0 bridgehead atoms. The molecule has 2 saturated carbocycles. The molecule has 2 unspecified atom stereocenters. The van der Waals surface area contributed by atoms with Gasteiger partial charge < -0.3 is 11.5 Å². The Morgan fingerprint density at radius 3 is 1.04 bits per heavy atom. The van der Waals surface area contributed by atoms with Crippen LogP contribution in [0.3, 0.4) is 0 Å². The Kier molecular flexibility index (Phi) is 17.2. The van der Waals surface area contributed by atoms with Crippen LogP contribution in [0.1, 0.15) is 234 Å². The minimum Gasteiger partial charge on any atom is -0.316 e. The van der Waals surface area contributed by atoms with Gasteiger partial charge in [-0.3, -0.25) is 9.80 Å². The van der Waals surface area contributed by atoms with Crippen molar-refractivity contribution in [2.75, 3.05) is 0 Å². The Labute approximate surface area is 316 Å². The van der Waals surface area contributed by atoms with E-state index in [4.69, 9.17) is 11.5 Å². The minimum atomic E-state index is -0.233. The van der Waals surface area contributed by atoms with E-state index in [0.29, 0.717) is 16.9 Å². The van der Waals surface area contributed by atoms with Gasteiger partial charge in [0.25, 0.3) is 0 Å². The second-order valence-electron chi connectivity index (χ2n) is 22.9. The van der Waals surface area contributed by atoms with E-state index in [1.807, 2.05) is 0 Å². The summed E-state index contributed by atoms with van der Waals surface area (Å²) in [6.07, 6.45) is 20.9. The van der Waals surface area contributed by atoms with Gasteiger partial charge in [-0.15, -0.1) is 0 Å². The highest BCUT2D eigenvalue weighted by Gasteiger charge is 2.52. The summed E-state index contributed by atoms with van der Waals surface area (Å²) < 4.78 is 0. The van der Waals surface area contributed by atoms with Crippen molar-refractivity contribution < 1.29 is 0 Å². The molecule has 0 aromatic rings. The molecule has 0 aliphatic heterocycles. The maximum atomic E-state index is 6.27. The Hall–Kier alpha value is -0.160. The molecular formula is C46H96N4. The minimum absolute atomic E-state index is 0.135. The van der Waals surface area contributed by atoms with E-state index in [9.17, 15) is 0 Å². The summed E-state index contributed by atoms with van der Waals surface area (Å²) in [6.45, 7) is 45.9. The number of rotatable bonds is 13. The summed E-state index contributed by atoms with van der Waals surface area (Å²) in [4.78, 5) is 5.76. The third kappa shape index (κ3) is 13.0. The van der Waals surface area contributed by atoms with E-state index in [0.717, 1.165) is 18.8 Å². The average molecular weight is 707 g/mol. The SMILES string of the molecule is CCCC(C(N)N)C(C)(C)CC1([15N](C(C)(C)C)C(C)(C)C)CCCCC1.CCCC(C)C(C)(C)CC1([15N](C(C)(C)C)C(C)(C)C)CCCCC1. The molecule has 2 aliphatic rings. The van der Waals surface area contributed by atoms with Crippen molar-refractivity contribution in [3.63, 3.8) is 0 Å². The molecule has 2 aliphatic carbocycles. The fraction of sp³-hybridized carbons (Fsp3) is 1.00. The summed E-state index contributed by atoms with van der Waals surface area (Å²) in [5, 5.41) is 0. The first-order valence-corrected chi connectivity index (χ1v) is 21.6. The zero-order valence-electron chi connectivity index (χ0n) is 38.1. The van der Waals surface area contributed by atoms with Crippen LogP contribution < -0.4 is 11.5 Å². The second-order valence-corrected chi connectivity index (χ2v) is 22.9. The molecule has 0 heterocycles. The zero-order valence-corrected chi connectivity index (χ0v) is 38.1. The van der Waals surface area contributed by atoms with Gasteiger partial charge in [-0.1, -0.05) is 106 Å². The van der Waals surface area contributed by atoms with E-state index in [-0.39, 0.29) is 39.3 Å². The standard InChI is InChI=1S/C23H49N3.C23H47N/c1-10-14-18(19(24)25)22(8,9)17-23(15-12-11-13-16-23)26(20(2,3)4)21(5,6)7;1-11-15-19(2)22(9,10)18-23(16-13-12-14-17-23)24(20(3,4)5)21(6,7)8/h18-19H,10-17,24-25H2,1-9H3;19H,11-18H2,1-10H3/i26+1;24+1. The third-order valence-electron chi connectivity index (χ3n) is 12.9. The third-order valence-corrected chi connectivity index (χ3v) is 12.9. The first-order chi connectivity index (χ1) is 22.4. The first-order valence-electron chi connectivity index (χ1n) is 21.6. The van der Waals surface area contributed by atoms with Crippen LogP contribution in [0, 0.1) is 22.7 Å². The molecule has 4 nitrogen and oxygen atoms in total. The predicted molar refractivity (Wildman–Crippen MR) is 226 cm³/mol. The van der Waals surface area contributed by atoms with Crippen molar-refractivity contribution in [2.45, 2.75) is 274 Å². The van der Waals surface area contributed by atoms with Gasteiger partial charge in [-0.2, -0.15) is 0 Å². The molecular weight excluding hydrogens is 611 g/mol. The monoisotopic (exact) mass is 707 g/mol. The van der Waals surface area contributed by atoms with E-state index in [2.05, 4.69) is 141 Å². The molecule has 0 aromatic heterocycles. The molecule has 4 heteroatoms. The van der Waals surface area contributed by atoms with Crippen molar-refractivity contribution in [3.8, 4) is 0 Å². The summed E-state index contributed by atoms with van der Waals surface area (Å²) in [5.41, 5.74) is 14.4. The Morgan fingerprint density at radius 1 is 0.480 bits per heavy atom. The maximum Gasteiger partial charge on any atom is 0.0555 e. The lowest BCUT2D eigenvalue weighted by atomic mass is 9.64. The zero-order chi connectivity index (χ0) is 39.2. The molecule has 50 heavy (non-hydrogen) atoms. The van der Waals surface area contributed by atoms with E-state index >= 15 is 0 Å². The fourth-order valence-corrected chi connectivity index (χ4v) is 12.5. The molecule has 0 saturated heterocycles. The highest BCUT2D eigenvalue weighted by Crippen LogP contribution is 2.52. The molecule has 300 valence electrons. The van der Waals surface area contributed by atoms with Crippen molar-refractivity contribution in [3.05, 3.63) is 0 Å². The predicted octanol–water partition coefficient (Wildman–Crippen LogP) is 13.1. The Bertz CT molecular complexity index is 924. The smallest absolute Gasteiger partial charge is 0.0555 e. The van der Waals surface area contributed by atoms with Gasteiger partial charge in [0.1, 0.15) is 0 Å². The quantitative estimate of drug-likeness (QED) is 0.148. The van der Waals surface area contributed by atoms with Gasteiger partial charge in [0.05, 0.1) is 6.17 Å². The molecule has 0 amide bonds. The van der Waals surface area contributed by atoms with E-state index in [1.165, 1.54) is 89.9 Å². The van der Waals surface area contributed by atoms with Gasteiger partial charge in [-0.25, -0.2) is 0 Å².